The van der Waals surface area contributed by atoms with Gasteiger partial charge in [0, 0.05) is 11.3 Å². The van der Waals surface area contributed by atoms with E-state index < -0.39 is 0 Å². The molecule has 0 N–H and O–H groups in total. The van der Waals surface area contributed by atoms with Gasteiger partial charge in [0.1, 0.15) is 5.78 Å². The van der Waals surface area contributed by atoms with Crippen molar-refractivity contribution in [2.75, 3.05) is 0 Å². The van der Waals surface area contributed by atoms with Crippen LogP contribution in [-0.2, 0) is 4.79 Å². The summed E-state index contributed by atoms with van der Waals surface area (Å²) in [6.07, 6.45) is 5.34. The number of carbonyl (C=O) groups excluding carboxylic acids is 1. The summed E-state index contributed by atoms with van der Waals surface area (Å²) >= 11 is 1.78. The number of hydrogen-bond donors (Lipinski definition) is 0. The first-order chi connectivity index (χ1) is 8.16. The Hall–Kier alpha value is -0.760. The van der Waals surface area contributed by atoms with Crippen molar-refractivity contribution in [3.05, 3.63) is 29.3 Å². The highest BCUT2D eigenvalue weighted by molar-refractivity contribution is 8.00. The molecule has 0 aliphatic heterocycles. The van der Waals surface area contributed by atoms with Crippen LogP contribution in [0, 0.1) is 13.8 Å². The molecule has 2 heteroatoms. The maximum Gasteiger partial charge on any atom is 0.146 e. The lowest BCUT2D eigenvalue weighted by molar-refractivity contribution is -0.118. The molecular formula is C15H20OS. The maximum absolute atomic E-state index is 12.0. The van der Waals surface area contributed by atoms with Crippen LogP contribution in [0.2, 0.25) is 0 Å². The summed E-state index contributed by atoms with van der Waals surface area (Å²) in [5, 5.41) is 0.193. The van der Waals surface area contributed by atoms with Crippen LogP contribution in [0.15, 0.2) is 23.1 Å². The number of carbonyl (C=O) groups is 1. The van der Waals surface area contributed by atoms with E-state index in [2.05, 4.69) is 32.0 Å². The minimum Gasteiger partial charge on any atom is -0.298 e. The number of Topliss-reactive ketones (excluding diaryl/α,β-unsaturated/α-hetero) is 1. The summed E-state index contributed by atoms with van der Waals surface area (Å²) in [7, 11) is 0. The standard InChI is InChI=1S/C15H20OS/c1-11-8-9-12(2)15(10-11)17-14-7-5-3-4-6-13(14)16/h8-10,14H,3-7H2,1-2H3. The third kappa shape index (κ3) is 3.35. The fourth-order valence-electron chi connectivity index (χ4n) is 2.24. The zero-order chi connectivity index (χ0) is 12.3. The molecule has 1 unspecified atom stereocenters. The normalized spacial score (nSPS) is 21.3. The maximum atomic E-state index is 12.0. The van der Waals surface area contributed by atoms with Crippen molar-refractivity contribution in [3.8, 4) is 0 Å². The van der Waals surface area contributed by atoms with E-state index in [1.54, 1.807) is 11.8 Å². The zero-order valence-corrected chi connectivity index (χ0v) is 11.5. The molecule has 0 bridgehead atoms. The zero-order valence-electron chi connectivity index (χ0n) is 10.7. The molecule has 0 aromatic heterocycles. The third-order valence-corrected chi connectivity index (χ3v) is 4.84. The molecule has 1 nitrogen and oxygen atoms in total. The van der Waals surface area contributed by atoms with Gasteiger partial charge in [-0.25, -0.2) is 0 Å². The second kappa shape index (κ2) is 5.72. The molecule has 1 atom stereocenters. The molecule has 0 saturated heterocycles. The van der Waals surface area contributed by atoms with Gasteiger partial charge in [-0.05, 0) is 38.3 Å². The van der Waals surface area contributed by atoms with E-state index in [4.69, 9.17) is 0 Å². The first-order valence-electron chi connectivity index (χ1n) is 6.43. The summed E-state index contributed by atoms with van der Waals surface area (Å²) in [6, 6.07) is 6.49. The SMILES string of the molecule is Cc1ccc(C)c(SC2CCCCCC2=O)c1. The van der Waals surface area contributed by atoms with Gasteiger partial charge >= 0.3 is 0 Å². The van der Waals surface area contributed by atoms with Crippen LogP contribution < -0.4 is 0 Å². The average molecular weight is 248 g/mol. The Labute approximate surface area is 108 Å². The summed E-state index contributed by atoms with van der Waals surface area (Å²) in [6.45, 7) is 4.24. The lowest BCUT2D eigenvalue weighted by Gasteiger charge is -2.14. The van der Waals surface area contributed by atoms with Gasteiger partial charge < -0.3 is 0 Å². The Bertz CT molecular complexity index is 411. The predicted molar refractivity (Wildman–Crippen MR) is 73.7 cm³/mol. The van der Waals surface area contributed by atoms with Crippen LogP contribution in [0.4, 0.5) is 0 Å². The van der Waals surface area contributed by atoms with E-state index in [9.17, 15) is 4.79 Å². The molecule has 1 aliphatic carbocycles. The Kier molecular flexibility index (Phi) is 4.27. The van der Waals surface area contributed by atoms with Crippen molar-refractivity contribution < 1.29 is 4.79 Å². The smallest absolute Gasteiger partial charge is 0.146 e. The van der Waals surface area contributed by atoms with Gasteiger partial charge in [0.2, 0.25) is 0 Å². The van der Waals surface area contributed by atoms with Gasteiger partial charge in [0.15, 0.2) is 0 Å². The van der Waals surface area contributed by atoms with Crippen molar-refractivity contribution in [3.63, 3.8) is 0 Å². The third-order valence-electron chi connectivity index (χ3n) is 3.36. The van der Waals surface area contributed by atoms with Gasteiger partial charge in [-0.2, -0.15) is 0 Å². The second-order valence-corrected chi connectivity index (χ2v) is 6.19. The van der Waals surface area contributed by atoms with Gasteiger partial charge in [-0.3, -0.25) is 4.79 Å². The average Bonchev–Trinajstić information content (AvgIpc) is 2.50. The van der Waals surface area contributed by atoms with Crippen molar-refractivity contribution in [2.24, 2.45) is 0 Å². The first-order valence-corrected chi connectivity index (χ1v) is 7.31. The Morgan fingerprint density at radius 2 is 2.00 bits per heavy atom. The molecule has 0 radical (unpaired) electrons. The van der Waals surface area contributed by atoms with Gasteiger partial charge in [0.25, 0.3) is 0 Å². The highest BCUT2D eigenvalue weighted by Gasteiger charge is 2.22. The van der Waals surface area contributed by atoms with Crippen molar-refractivity contribution in [1.82, 2.24) is 0 Å². The minimum absolute atomic E-state index is 0.193. The van der Waals surface area contributed by atoms with E-state index in [0.29, 0.717) is 5.78 Å². The van der Waals surface area contributed by atoms with Crippen LogP contribution >= 0.6 is 11.8 Å². The molecule has 1 fully saturated rings. The van der Waals surface area contributed by atoms with Gasteiger partial charge in [0.05, 0.1) is 5.25 Å². The molecule has 0 amide bonds. The molecule has 0 spiro atoms. The van der Waals surface area contributed by atoms with E-state index in [1.165, 1.54) is 28.9 Å². The highest BCUT2D eigenvalue weighted by Crippen LogP contribution is 2.33. The van der Waals surface area contributed by atoms with Crippen LogP contribution in [-0.4, -0.2) is 11.0 Å². The lowest BCUT2D eigenvalue weighted by Crippen LogP contribution is -2.14. The number of rotatable bonds is 2. The van der Waals surface area contributed by atoms with E-state index >= 15 is 0 Å². The fraction of sp³-hybridized carbons (Fsp3) is 0.533. The molecule has 2 rings (SSSR count). The molecule has 1 aromatic carbocycles. The molecule has 1 saturated carbocycles. The number of hydrogen-bond acceptors (Lipinski definition) is 2. The van der Waals surface area contributed by atoms with Crippen LogP contribution in [0.5, 0.6) is 0 Å². The second-order valence-electron chi connectivity index (χ2n) is 4.94. The van der Waals surface area contributed by atoms with Crippen LogP contribution in [0.1, 0.15) is 43.2 Å². The Balaban J connectivity index is 2.13. The molecule has 0 heterocycles. The minimum atomic E-state index is 0.193. The molecular weight excluding hydrogens is 228 g/mol. The fourth-order valence-corrected chi connectivity index (χ4v) is 3.59. The molecule has 92 valence electrons. The van der Waals surface area contributed by atoms with Gasteiger partial charge in [-0.15, -0.1) is 11.8 Å². The Morgan fingerprint density at radius 1 is 1.18 bits per heavy atom. The van der Waals surface area contributed by atoms with Crippen molar-refractivity contribution >= 4 is 17.5 Å². The van der Waals surface area contributed by atoms with Crippen molar-refractivity contribution in [1.29, 1.82) is 0 Å². The van der Waals surface area contributed by atoms with E-state index in [0.717, 1.165) is 19.3 Å². The molecule has 17 heavy (non-hydrogen) atoms. The van der Waals surface area contributed by atoms with E-state index in [-0.39, 0.29) is 5.25 Å². The number of thioether (sulfide) groups is 1. The topological polar surface area (TPSA) is 17.1 Å². The van der Waals surface area contributed by atoms with Crippen molar-refractivity contribution in [2.45, 2.75) is 56.1 Å². The monoisotopic (exact) mass is 248 g/mol. The number of aryl methyl sites for hydroxylation is 2. The predicted octanol–water partition coefficient (Wildman–Crippen LogP) is 4.30. The van der Waals surface area contributed by atoms with Crippen LogP contribution in [0.25, 0.3) is 0 Å². The number of ketones is 1. The summed E-state index contributed by atoms with van der Waals surface area (Å²) in [5.74, 6) is 0.452. The molecule has 1 aliphatic rings. The van der Waals surface area contributed by atoms with E-state index in [1.807, 2.05) is 0 Å². The lowest BCUT2D eigenvalue weighted by atomic mass is 10.2. The summed E-state index contributed by atoms with van der Waals surface area (Å²) in [5.41, 5.74) is 2.57. The number of benzene rings is 1. The largest absolute Gasteiger partial charge is 0.298 e. The van der Waals surface area contributed by atoms with Gasteiger partial charge in [-0.1, -0.05) is 30.5 Å². The summed E-state index contributed by atoms with van der Waals surface area (Å²) in [4.78, 5) is 13.3. The molecule has 1 aromatic rings. The summed E-state index contributed by atoms with van der Waals surface area (Å²) < 4.78 is 0. The first kappa shape index (κ1) is 12.7. The van der Waals surface area contributed by atoms with Crippen LogP contribution in [0.3, 0.4) is 0 Å². The quantitative estimate of drug-likeness (QED) is 0.726. The Morgan fingerprint density at radius 3 is 2.82 bits per heavy atom. The highest BCUT2D eigenvalue weighted by atomic mass is 32.2.